The van der Waals surface area contributed by atoms with Crippen LogP contribution < -0.4 is 5.73 Å². The Morgan fingerprint density at radius 1 is 1.30 bits per heavy atom. The van der Waals surface area contributed by atoms with E-state index in [0.717, 1.165) is 27.6 Å². The molecule has 104 valence electrons. The molecule has 0 saturated heterocycles. The van der Waals surface area contributed by atoms with E-state index in [1.54, 1.807) is 11.3 Å². The maximum atomic E-state index is 6.21. The monoisotopic (exact) mass is 286 g/mol. The first-order chi connectivity index (χ1) is 9.50. The molecule has 5 heteroatoms. The normalized spacial score (nSPS) is 11.7. The van der Waals surface area contributed by atoms with Crippen LogP contribution in [0.2, 0.25) is 0 Å². The minimum Gasteiger partial charge on any atom is -0.390 e. The molecule has 0 aliphatic heterocycles. The second-order valence-electron chi connectivity index (χ2n) is 5.27. The Morgan fingerprint density at radius 3 is 2.65 bits per heavy atom. The van der Waals surface area contributed by atoms with Crippen molar-refractivity contribution < 1.29 is 0 Å². The second kappa shape index (κ2) is 4.59. The first-order valence-electron chi connectivity index (χ1n) is 6.69. The predicted octanol–water partition coefficient (Wildman–Crippen LogP) is 3.94. The molecule has 0 radical (unpaired) electrons. The standard InChI is InChI=1S/C15H18N4S/c1-8(2)19-14-11(6-5-7-17-14)18-15(19)12-9(3)10(4)20-13(12)16/h5-8H,16H2,1-4H3. The fourth-order valence-corrected chi connectivity index (χ4v) is 3.46. The smallest absolute Gasteiger partial charge is 0.160 e. The van der Waals surface area contributed by atoms with Gasteiger partial charge in [-0.15, -0.1) is 11.3 Å². The average molecular weight is 286 g/mol. The highest BCUT2D eigenvalue weighted by molar-refractivity contribution is 7.16. The van der Waals surface area contributed by atoms with E-state index in [1.165, 1.54) is 10.4 Å². The Balaban J connectivity index is 2.39. The Bertz CT molecular complexity index is 783. The Kier molecular flexibility index (Phi) is 3.01. The molecule has 3 heterocycles. The summed E-state index contributed by atoms with van der Waals surface area (Å²) >= 11 is 1.63. The van der Waals surface area contributed by atoms with Gasteiger partial charge in [0.15, 0.2) is 5.65 Å². The molecule has 0 aliphatic carbocycles. The van der Waals surface area contributed by atoms with E-state index in [9.17, 15) is 0 Å². The van der Waals surface area contributed by atoms with Crippen molar-refractivity contribution in [1.29, 1.82) is 0 Å². The SMILES string of the molecule is Cc1sc(N)c(-c2nc3cccnc3n2C(C)C)c1C. The highest BCUT2D eigenvalue weighted by Crippen LogP contribution is 2.39. The summed E-state index contributed by atoms with van der Waals surface area (Å²) in [6.45, 7) is 8.49. The van der Waals surface area contributed by atoms with Crippen LogP contribution >= 0.6 is 11.3 Å². The lowest BCUT2D eigenvalue weighted by Gasteiger charge is -2.12. The van der Waals surface area contributed by atoms with E-state index < -0.39 is 0 Å². The number of rotatable bonds is 2. The number of fused-ring (bicyclic) bond motifs is 1. The summed E-state index contributed by atoms with van der Waals surface area (Å²) in [7, 11) is 0. The number of imidazole rings is 1. The van der Waals surface area contributed by atoms with Gasteiger partial charge in [-0.2, -0.15) is 0 Å². The van der Waals surface area contributed by atoms with Gasteiger partial charge in [-0.1, -0.05) is 0 Å². The van der Waals surface area contributed by atoms with Crippen molar-refractivity contribution in [2.45, 2.75) is 33.7 Å². The van der Waals surface area contributed by atoms with Crippen LogP contribution in [0.5, 0.6) is 0 Å². The van der Waals surface area contributed by atoms with Crippen LogP contribution in [0.15, 0.2) is 18.3 Å². The highest BCUT2D eigenvalue weighted by Gasteiger charge is 2.21. The summed E-state index contributed by atoms with van der Waals surface area (Å²) in [6.07, 6.45) is 1.81. The lowest BCUT2D eigenvalue weighted by molar-refractivity contribution is 0.620. The molecule has 0 atom stereocenters. The van der Waals surface area contributed by atoms with Gasteiger partial charge in [-0.25, -0.2) is 9.97 Å². The number of aromatic nitrogens is 3. The lowest BCUT2D eigenvalue weighted by Crippen LogP contribution is -2.05. The molecule has 0 bridgehead atoms. The molecule has 0 fully saturated rings. The van der Waals surface area contributed by atoms with Crippen LogP contribution in [-0.4, -0.2) is 14.5 Å². The van der Waals surface area contributed by atoms with Gasteiger partial charge in [0.05, 0.1) is 10.6 Å². The molecule has 2 N–H and O–H groups in total. The minimum atomic E-state index is 0.281. The number of aryl methyl sites for hydroxylation is 1. The third-order valence-electron chi connectivity index (χ3n) is 3.60. The number of thiophene rings is 1. The van der Waals surface area contributed by atoms with Gasteiger partial charge in [0.25, 0.3) is 0 Å². The van der Waals surface area contributed by atoms with Crippen LogP contribution in [0.25, 0.3) is 22.6 Å². The molecule has 20 heavy (non-hydrogen) atoms. The van der Waals surface area contributed by atoms with Gasteiger partial charge in [-0.3, -0.25) is 0 Å². The number of pyridine rings is 1. The Morgan fingerprint density at radius 2 is 2.05 bits per heavy atom. The summed E-state index contributed by atoms with van der Waals surface area (Å²) < 4.78 is 2.17. The molecule has 0 amide bonds. The fourth-order valence-electron chi connectivity index (χ4n) is 2.53. The van der Waals surface area contributed by atoms with E-state index in [2.05, 4.69) is 37.2 Å². The van der Waals surface area contributed by atoms with Gasteiger partial charge in [-0.05, 0) is 45.4 Å². The van der Waals surface area contributed by atoms with Crippen molar-refractivity contribution >= 4 is 27.5 Å². The van der Waals surface area contributed by atoms with Crippen LogP contribution in [0, 0.1) is 13.8 Å². The Labute approximate surface area is 122 Å². The van der Waals surface area contributed by atoms with Crippen molar-refractivity contribution in [3.63, 3.8) is 0 Å². The molecular weight excluding hydrogens is 268 g/mol. The van der Waals surface area contributed by atoms with Gasteiger partial charge in [0, 0.05) is 17.1 Å². The summed E-state index contributed by atoms with van der Waals surface area (Å²) in [5.74, 6) is 0.924. The van der Waals surface area contributed by atoms with Crippen molar-refractivity contribution in [3.05, 3.63) is 28.8 Å². The first-order valence-corrected chi connectivity index (χ1v) is 7.51. The van der Waals surface area contributed by atoms with Gasteiger partial charge >= 0.3 is 0 Å². The zero-order valence-corrected chi connectivity index (χ0v) is 13.0. The molecule has 0 aromatic carbocycles. The zero-order valence-electron chi connectivity index (χ0n) is 12.1. The van der Waals surface area contributed by atoms with Crippen LogP contribution in [0.1, 0.15) is 30.3 Å². The van der Waals surface area contributed by atoms with E-state index in [-0.39, 0.29) is 6.04 Å². The van der Waals surface area contributed by atoms with Gasteiger partial charge in [0.2, 0.25) is 0 Å². The number of hydrogen-bond donors (Lipinski definition) is 1. The van der Waals surface area contributed by atoms with Crippen LogP contribution in [0.3, 0.4) is 0 Å². The van der Waals surface area contributed by atoms with Gasteiger partial charge in [0.1, 0.15) is 11.3 Å². The third kappa shape index (κ3) is 1.81. The lowest BCUT2D eigenvalue weighted by atomic mass is 10.1. The summed E-state index contributed by atoms with van der Waals surface area (Å²) in [5, 5.41) is 0.831. The van der Waals surface area contributed by atoms with Crippen molar-refractivity contribution in [3.8, 4) is 11.4 Å². The molecule has 3 aromatic rings. The second-order valence-corrected chi connectivity index (χ2v) is 6.52. The highest BCUT2D eigenvalue weighted by atomic mass is 32.1. The largest absolute Gasteiger partial charge is 0.390 e. The maximum Gasteiger partial charge on any atom is 0.160 e. The van der Waals surface area contributed by atoms with E-state index in [4.69, 9.17) is 10.7 Å². The van der Waals surface area contributed by atoms with Crippen molar-refractivity contribution in [1.82, 2.24) is 14.5 Å². The van der Waals surface area contributed by atoms with Crippen molar-refractivity contribution in [2.75, 3.05) is 5.73 Å². The average Bonchev–Trinajstić information content (AvgIpc) is 2.87. The number of nitrogens with zero attached hydrogens (tertiary/aromatic N) is 3. The summed E-state index contributed by atoms with van der Waals surface area (Å²) in [4.78, 5) is 10.5. The van der Waals surface area contributed by atoms with E-state index >= 15 is 0 Å². The first kappa shape index (κ1) is 13.1. The van der Waals surface area contributed by atoms with E-state index in [1.807, 2.05) is 18.3 Å². The molecule has 0 spiro atoms. The molecule has 0 unspecified atom stereocenters. The number of hydrogen-bond acceptors (Lipinski definition) is 4. The molecule has 3 rings (SSSR count). The molecule has 0 aliphatic rings. The molecular formula is C15H18N4S. The van der Waals surface area contributed by atoms with Crippen LogP contribution in [0.4, 0.5) is 5.00 Å². The molecule has 4 nitrogen and oxygen atoms in total. The molecule has 0 saturated carbocycles. The maximum absolute atomic E-state index is 6.21. The summed E-state index contributed by atoms with van der Waals surface area (Å²) in [6, 6.07) is 4.19. The third-order valence-corrected chi connectivity index (χ3v) is 4.64. The molecule has 3 aromatic heterocycles. The summed E-state index contributed by atoms with van der Waals surface area (Å²) in [5.41, 5.74) is 10.3. The topological polar surface area (TPSA) is 56.7 Å². The number of anilines is 1. The van der Waals surface area contributed by atoms with Gasteiger partial charge < -0.3 is 10.3 Å². The quantitative estimate of drug-likeness (QED) is 0.776. The predicted molar refractivity (Wildman–Crippen MR) is 85.1 cm³/mol. The zero-order chi connectivity index (χ0) is 14.4. The number of nitrogens with two attached hydrogens (primary N) is 1. The minimum absolute atomic E-state index is 0.281. The van der Waals surface area contributed by atoms with E-state index in [0.29, 0.717) is 0 Å². The van der Waals surface area contributed by atoms with Crippen LogP contribution in [-0.2, 0) is 0 Å². The number of nitrogen functional groups attached to an aromatic ring is 1. The Hall–Kier alpha value is -1.88. The van der Waals surface area contributed by atoms with Crippen molar-refractivity contribution in [2.24, 2.45) is 0 Å². The fraction of sp³-hybridized carbons (Fsp3) is 0.333.